The Labute approximate surface area is 111 Å². The minimum absolute atomic E-state index is 0.109. The summed E-state index contributed by atoms with van der Waals surface area (Å²) in [6, 6.07) is 0. The van der Waals surface area contributed by atoms with Crippen molar-refractivity contribution in [2.24, 2.45) is 0 Å². The number of morpholine rings is 1. The second-order valence-electron chi connectivity index (χ2n) is 4.62. The molecular weight excluding hydrogens is 252 g/mol. The summed E-state index contributed by atoms with van der Waals surface area (Å²) in [7, 11) is 1.33. The lowest BCUT2D eigenvalue weighted by Crippen LogP contribution is -2.49. The van der Waals surface area contributed by atoms with Crippen molar-refractivity contribution in [2.75, 3.05) is 39.9 Å². The van der Waals surface area contributed by atoms with Crippen LogP contribution in [0.1, 0.15) is 12.8 Å². The lowest BCUT2D eigenvalue weighted by Gasteiger charge is -2.32. The molecule has 0 aromatic carbocycles. The molecule has 2 saturated heterocycles. The van der Waals surface area contributed by atoms with Crippen LogP contribution in [0.3, 0.4) is 0 Å². The fraction of sp³-hybridized carbons (Fsp3) is 0.750. The van der Waals surface area contributed by atoms with Crippen LogP contribution < -0.4 is 0 Å². The second-order valence-corrected chi connectivity index (χ2v) is 4.62. The van der Waals surface area contributed by atoms with E-state index in [1.54, 1.807) is 0 Å². The first-order valence-electron chi connectivity index (χ1n) is 6.37. The van der Waals surface area contributed by atoms with Crippen LogP contribution in [0, 0.1) is 0 Å². The lowest BCUT2D eigenvalue weighted by molar-refractivity contribution is -0.160. The molecule has 0 aromatic rings. The third-order valence-corrected chi connectivity index (χ3v) is 3.41. The molecule has 19 heavy (non-hydrogen) atoms. The highest BCUT2D eigenvalue weighted by Gasteiger charge is 2.31. The molecule has 2 heterocycles. The van der Waals surface area contributed by atoms with Crippen molar-refractivity contribution >= 4 is 17.8 Å². The number of methoxy groups -OCH3 is 1. The molecule has 2 rings (SSSR count). The first kappa shape index (κ1) is 14.0. The first-order valence-corrected chi connectivity index (χ1v) is 6.37. The maximum Gasteiger partial charge on any atom is 0.336 e. The van der Waals surface area contributed by atoms with E-state index < -0.39 is 12.1 Å². The van der Waals surface area contributed by atoms with Gasteiger partial charge in [0, 0.05) is 39.0 Å². The van der Waals surface area contributed by atoms with Crippen LogP contribution in [0.2, 0.25) is 0 Å². The molecule has 106 valence electrons. The third-order valence-electron chi connectivity index (χ3n) is 3.41. The number of nitrogens with zero attached hydrogens (tertiary/aromatic N) is 2. The Balaban J connectivity index is 1.81. The van der Waals surface area contributed by atoms with Gasteiger partial charge in [0.25, 0.3) is 0 Å². The summed E-state index contributed by atoms with van der Waals surface area (Å²) in [5, 5.41) is 0. The van der Waals surface area contributed by atoms with Crippen LogP contribution in [-0.2, 0) is 23.9 Å². The smallest absolute Gasteiger partial charge is 0.336 e. The maximum absolute atomic E-state index is 11.5. The molecule has 0 radical (unpaired) electrons. The Bertz CT molecular complexity index is 368. The molecule has 7 nitrogen and oxygen atoms in total. The summed E-state index contributed by atoms with van der Waals surface area (Å²) in [6.07, 6.45) is 0.0446. The highest BCUT2D eigenvalue weighted by atomic mass is 16.6. The third kappa shape index (κ3) is 3.30. The Morgan fingerprint density at radius 2 is 2.00 bits per heavy atom. The van der Waals surface area contributed by atoms with E-state index in [9.17, 15) is 14.4 Å². The predicted octanol–water partition coefficient (Wildman–Crippen LogP) is -0.991. The van der Waals surface area contributed by atoms with Crippen molar-refractivity contribution in [1.29, 1.82) is 0 Å². The Kier molecular flexibility index (Phi) is 4.49. The molecular formula is C12H18N2O5. The number of amides is 2. The van der Waals surface area contributed by atoms with Crippen LogP contribution in [0.15, 0.2) is 0 Å². The van der Waals surface area contributed by atoms with Crippen molar-refractivity contribution in [2.45, 2.75) is 18.9 Å². The molecule has 0 aliphatic carbocycles. The van der Waals surface area contributed by atoms with Gasteiger partial charge in [-0.05, 0) is 0 Å². The van der Waals surface area contributed by atoms with E-state index in [2.05, 4.69) is 4.74 Å². The molecule has 1 atom stereocenters. The van der Waals surface area contributed by atoms with Crippen molar-refractivity contribution in [1.82, 2.24) is 9.80 Å². The summed E-state index contributed by atoms with van der Waals surface area (Å²) >= 11 is 0. The zero-order valence-electron chi connectivity index (χ0n) is 11.0. The normalized spacial score (nSPS) is 24.9. The molecule has 0 saturated carbocycles. The van der Waals surface area contributed by atoms with E-state index in [0.29, 0.717) is 45.6 Å². The van der Waals surface area contributed by atoms with Gasteiger partial charge < -0.3 is 9.47 Å². The van der Waals surface area contributed by atoms with E-state index in [4.69, 9.17) is 4.74 Å². The number of likely N-dealkylation sites (tertiary alicyclic amines) is 1. The van der Waals surface area contributed by atoms with Crippen molar-refractivity contribution < 1.29 is 23.9 Å². The number of carbonyl (C=O) groups is 3. The van der Waals surface area contributed by atoms with E-state index in [0.717, 1.165) is 0 Å². The van der Waals surface area contributed by atoms with E-state index >= 15 is 0 Å². The Morgan fingerprint density at radius 1 is 1.32 bits per heavy atom. The van der Waals surface area contributed by atoms with Crippen molar-refractivity contribution in [3.05, 3.63) is 0 Å². The zero-order valence-corrected chi connectivity index (χ0v) is 11.0. The molecule has 2 aliphatic rings. The first-order chi connectivity index (χ1) is 9.11. The molecule has 1 unspecified atom stereocenters. The molecule has 0 N–H and O–H groups in total. The fourth-order valence-electron chi connectivity index (χ4n) is 2.29. The van der Waals surface area contributed by atoms with Gasteiger partial charge >= 0.3 is 5.97 Å². The highest BCUT2D eigenvalue weighted by Crippen LogP contribution is 2.12. The number of carbonyl (C=O) groups excluding carboxylic acids is 3. The van der Waals surface area contributed by atoms with E-state index in [-0.39, 0.29) is 11.8 Å². The summed E-state index contributed by atoms with van der Waals surface area (Å²) in [6.45, 7) is 2.51. The standard InChI is InChI=1S/C12H18N2O5/c1-18-12(17)9-8-13(6-7-19-9)4-5-14-10(15)2-3-11(14)16/h9H,2-8H2,1H3. The maximum atomic E-state index is 11.5. The van der Waals surface area contributed by atoms with Crippen LogP contribution in [0.4, 0.5) is 0 Å². The lowest BCUT2D eigenvalue weighted by atomic mass is 10.2. The number of hydrogen-bond acceptors (Lipinski definition) is 6. The minimum Gasteiger partial charge on any atom is -0.467 e. The second kappa shape index (κ2) is 6.12. The summed E-state index contributed by atoms with van der Waals surface area (Å²) in [4.78, 5) is 37.6. The summed E-state index contributed by atoms with van der Waals surface area (Å²) in [5.74, 6) is -0.608. The molecule has 0 spiro atoms. The predicted molar refractivity (Wildman–Crippen MR) is 64.2 cm³/mol. The number of ether oxygens (including phenoxy) is 2. The Morgan fingerprint density at radius 3 is 2.63 bits per heavy atom. The molecule has 7 heteroatoms. The summed E-state index contributed by atoms with van der Waals surface area (Å²) in [5.41, 5.74) is 0. The van der Waals surface area contributed by atoms with Gasteiger partial charge in [-0.2, -0.15) is 0 Å². The Hall–Kier alpha value is -1.47. The van der Waals surface area contributed by atoms with Gasteiger partial charge in [0.1, 0.15) is 0 Å². The highest BCUT2D eigenvalue weighted by molar-refractivity contribution is 6.01. The van der Waals surface area contributed by atoms with Gasteiger partial charge in [-0.15, -0.1) is 0 Å². The number of esters is 1. The fourth-order valence-corrected chi connectivity index (χ4v) is 2.29. The number of imide groups is 1. The molecule has 2 amide bonds. The van der Waals surface area contributed by atoms with Gasteiger partial charge in [0.05, 0.1) is 13.7 Å². The average Bonchev–Trinajstić information content (AvgIpc) is 2.75. The number of hydrogen-bond donors (Lipinski definition) is 0. The largest absolute Gasteiger partial charge is 0.467 e. The zero-order chi connectivity index (χ0) is 13.8. The van der Waals surface area contributed by atoms with Crippen LogP contribution in [0.5, 0.6) is 0 Å². The average molecular weight is 270 g/mol. The van der Waals surface area contributed by atoms with Crippen molar-refractivity contribution in [3.8, 4) is 0 Å². The van der Waals surface area contributed by atoms with Crippen LogP contribution >= 0.6 is 0 Å². The van der Waals surface area contributed by atoms with Crippen LogP contribution in [-0.4, -0.2) is 73.6 Å². The van der Waals surface area contributed by atoms with Gasteiger partial charge in [0.2, 0.25) is 11.8 Å². The van der Waals surface area contributed by atoms with Gasteiger partial charge in [0.15, 0.2) is 6.10 Å². The van der Waals surface area contributed by atoms with Gasteiger partial charge in [-0.3, -0.25) is 19.4 Å². The summed E-state index contributed by atoms with van der Waals surface area (Å²) < 4.78 is 9.95. The van der Waals surface area contributed by atoms with Gasteiger partial charge in [-0.1, -0.05) is 0 Å². The molecule has 2 fully saturated rings. The minimum atomic E-state index is -0.580. The monoisotopic (exact) mass is 270 g/mol. The van der Waals surface area contributed by atoms with Gasteiger partial charge in [-0.25, -0.2) is 4.79 Å². The van der Waals surface area contributed by atoms with E-state index in [1.807, 2.05) is 4.90 Å². The van der Waals surface area contributed by atoms with Crippen molar-refractivity contribution in [3.63, 3.8) is 0 Å². The van der Waals surface area contributed by atoms with Crippen LogP contribution in [0.25, 0.3) is 0 Å². The van der Waals surface area contributed by atoms with E-state index in [1.165, 1.54) is 12.0 Å². The number of rotatable bonds is 4. The molecule has 2 aliphatic heterocycles. The molecule has 0 aromatic heterocycles. The SMILES string of the molecule is COC(=O)C1CN(CCN2C(=O)CCC2=O)CCO1. The quantitative estimate of drug-likeness (QED) is 0.482. The molecule has 0 bridgehead atoms. The topological polar surface area (TPSA) is 76.2 Å².